The van der Waals surface area contributed by atoms with Crippen LogP contribution in [0.2, 0.25) is 0 Å². The van der Waals surface area contributed by atoms with Crippen molar-refractivity contribution in [3.05, 3.63) is 48.5 Å². The van der Waals surface area contributed by atoms with Crippen LogP contribution in [0.1, 0.15) is 6.92 Å². The van der Waals surface area contributed by atoms with Gasteiger partial charge in [0.05, 0.1) is 5.25 Å². The van der Waals surface area contributed by atoms with E-state index >= 15 is 0 Å². The number of hydrogen-bond acceptors (Lipinski definition) is 4. The van der Waals surface area contributed by atoms with Crippen LogP contribution in [0.5, 0.6) is 11.5 Å². The average Bonchev–Trinajstić information content (AvgIpc) is 2.55. The highest BCUT2D eigenvalue weighted by Gasteiger charge is 2.16. The summed E-state index contributed by atoms with van der Waals surface area (Å²) in [7, 11) is 0. The lowest BCUT2D eigenvalue weighted by Gasteiger charge is -2.19. The minimum atomic E-state index is -0.185. The minimum absolute atomic E-state index is 0.0365. The van der Waals surface area contributed by atoms with Crippen molar-refractivity contribution in [1.82, 2.24) is 0 Å². The number of thioether (sulfide) groups is 1. The van der Waals surface area contributed by atoms with E-state index in [2.05, 4.69) is 5.32 Å². The first kappa shape index (κ1) is 14.8. The van der Waals surface area contributed by atoms with Crippen molar-refractivity contribution < 1.29 is 14.3 Å². The van der Waals surface area contributed by atoms with E-state index in [-0.39, 0.29) is 11.2 Å². The fraction of sp³-hybridized carbons (Fsp3) is 0.235. The van der Waals surface area contributed by atoms with E-state index in [1.807, 2.05) is 49.4 Å². The van der Waals surface area contributed by atoms with Crippen LogP contribution in [0.4, 0.5) is 5.69 Å². The van der Waals surface area contributed by atoms with Crippen molar-refractivity contribution in [2.75, 3.05) is 18.5 Å². The summed E-state index contributed by atoms with van der Waals surface area (Å²) in [6, 6.07) is 15.3. The SMILES string of the molecule is C[C@@H](Sc1ccccc1)C(=O)Nc1ccc2c(c1)OCCO2. The van der Waals surface area contributed by atoms with E-state index in [0.717, 1.165) is 16.3 Å². The molecule has 0 saturated heterocycles. The Morgan fingerprint density at radius 3 is 2.59 bits per heavy atom. The molecule has 114 valence electrons. The van der Waals surface area contributed by atoms with Crippen molar-refractivity contribution in [3.63, 3.8) is 0 Å². The lowest BCUT2D eigenvalue weighted by molar-refractivity contribution is -0.115. The van der Waals surface area contributed by atoms with Crippen LogP contribution < -0.4 is 14.8 Å². The van der Waals surface area contributed by atoms with Gasteiger partial charge < -0.3 is 14.8 Å². The molecule has 1 atom stereocenters. The molecule has 0 unspecified atom stereocenters. The molecule has 0 radical (unpaired) electrons. The Kier molecular flexibility index (Phi) is 4.53. The summed E-state index contributed by atoms with van der Waals surface area (Å²) in [5, 5.41) is 2.73. The van der Waals surface area contributed by atoms with Gasteiger partial charge in [0, 0.05) is 16.6 Å². The number of carbonyl (C=O) groups is 1. The number of hydrogen-bond donors (Lipinski definition) is 1. The second-order valence-electron chi connectivity index (χ2n) is 4.92. The molecule has 3 rings (SSSR count). The van der Waals surface area contributed by atoms with Crippen molar-refractivity contribution in [3.8, 4) is 11.5 Å². The van der Waals surface area contributed by atoms with Gasteiger partial charge in [0.25, 0.3) is 0 Å². The Hall–Kier alpha value is -2.14. The molecule has 1 aliphatic rings. The van der Waals surface area contributed by atoms with Gasteiger partial charge in [0.1, 0.15) is 13.2 Å². The molecule has 1 heterocycles. The molecular formula is C17H17NO3S. The average molecular weight is 315 g/mol. The third-order valence-corrected chi connectivity index (χ3v) is 4.35. The fourth-order valence-corrected chi connectivity index (χ4v) is 3.01. The summed E-state index contributed by atoms with van der Waals surface area (Å²) in [6.45, 7) is 2.99. The van der Waals surface area contributed by atoms with E-state index in [1.54, 1.807) is 6.07 Å². The maximum Gasteiger partial charge on any atom is 0.237 e. The fourth-order valence-electron chi connectivity index (χ4n) is 2.12. The molecule has 0 bridgehead atoms. The van der Waals surface area contributed by atoms with Gasteiger partial charge in [-0.1, -0.05) is 18.2 Å². The second-order valence-corrected chi connectivity index (χ2v) is 6.34. The third-order valence-electron chi connectivity index (χ3n) is 3.24. The Morgan fingerprint density at radius 1 is 1.09 bits per heavy atom. The molecule has 4 nitrogen and oxygen atoms in total. The van der Waals surface area contributed by atoms with Gasteiger partial charge in [0.15, 0.2) is 11.5 Å². The normalized spacial score (nSPS) is 14.2. The molecule has 0 spiro atoms. The van der Waals surface area contributed by atoms with Crippen LogP contribution in [0.3, 0.4) is 0 Å². The topological polar surface area (TPSA) is 47.6 Å². The van der Waals surface area contributed by atoms with Crippen LogP contribution in [0.25, 0.3) is 0 Å². The number of nitrogens with one attached hydrogen (secondary N) is 1. The van der Waals surface area contributed by atoms with Gasteiger partial charge in [-0.15, -0.1) is 11.8 Å². The molecule has 2 aromatic rings. The van der Waals surface area contributed by atoms with Crippen molar-refractivity contribution >= 4 is 23.4 Å². The molecule has 0 fully saturated rings. The number of anilines is 1. The second kappa shape index (κ2) is 6.75. The van der Waals surface area contributed by atoms with Gasteiger partial charge in [-0.05, 0) is 31.2 Å². The van der Waals surface area contributed by atoms with Gasteiger partial charge >= 0.3 is 0 Å². The van der Waals surface area contributed by atoms with E-state index in [9.17, 15) is 4.79 Å². The first-order chi connectivity index (χ1) is 10.7. The standard InChI is InChI=1S/C17H17NO3S/c1-12(22-14-5-3-2-4-6-14)17(19)18-13-7-8-15-16(11-13)21-10-9-20-15/h2-8,11-12H,9-10H2,1H3,(H,18,19)/t12-/m1/s1. The predicted octanol–water partition coefficient (Wildman–Crippen LogP) is 3.58. The molecule has 0 saturated carbocycles. The van der Waals surface area contributed by atoms with Crippen molar-refractivity contribution in [2.24, 2.45) is 0 Å². The van der Waals surface area contributed by atoms with Crippen molar-refractivity contribution in [2.45, 2.75) is 17.1 Å². The van der Waals surface area contributed by atoms with Crippen LogP contribution in [0, 0.1) is 0 Å². The van der Waals surface area contributed by atoms with Crippen LogP contribution in [-0.2, 0) is 4.79 Å². The summed E-state index contributed by atoms with van der Waals surface area (Å²) >= 11 is 1.53. The highest BCUT2D eigenvalue weighted by atomic mass is 32.2. The zero-order chi connectivity index (χ0) is 15.4. The maximum absolute atomic E-state index is 12.3. The van der Waals surface area contributed by atoms with Crippen molar-refractivity contribution in [1.29, 1.82) is 0 Å². The summed E-state index contributed by atoms with van der Waals surface area (Å²) < 4.78 is 11.0. The number of ether oxygens (including phenoxy) is 2. The highest BCUT2D eigenvalue weighted by Crippen LogP contribution is 2.33. The van der Waals surface area contributed by atoms with Gasteiger partial charge in [-0.2, -0.15) is 0 Å². The van der Waals surface area contributed by atoms with E-state index in [0.29, 0.717) is 19.0 Å². The van der Waals surface area contributed by atoms with E-state index < -0.39 is 0 Å². The zero-order valence-electron chi connectivity index (χ0n) is 12.2. The molecular weight excluding hydrogens is 298 g/mol. The van der Waals surface area contributed by atoms with Gasteiger partial charge in [-0.3, -0.25) is 4.79 Å². The molecule has 5 heteroatoms. The number of fused-ring (bicyclic) bond motifs is 1. The number of rotatable bonds is 4. The van der Waals surface area contributed by atoms with Crippen LogP contribution >= 0.6 is 11.8 Å². The Balaban J connectivity index is 1.63. The Morgan fingerprint density at radius 2 is 1.82 bits per heavy atom. The summed E-state index contributed by atoms with van der Waals surface area (Å²) in [4.78, 5) is 13.4. The minimum Gasteiger partial charge on any atom is -0.486 e. The van der Waals surface area contributed by atoms with E-state index in [4.69, 9.17) is 9.47 Å². The molecule has 0 aromatic heterocycles. The first-order valence-electron chi connectivity index (χ1n) is 7.14. The first-order valence-corrected chi connectivity index (χ1v) is 8.02. The molecule has 2 aromatic carbocycles. The zero-order valence-corrected chi connectivity index (χ0v) is 13.1. The number of carbonyl (C=O) groups excluding carboxylic acids is 1. The maximum atomic E-state index is 12.3. The summed E-state index contributed by atoms with van der Waals surface area (Å²) in [5.41, 5.74) is 0.717. The number of benzene rings is 2. The smallest absolute Gasteiger partial charge is 0.237 e. The summed E-state index contributed by atoms with van der Waals surface area (Å²) in [5.74, 6) is 1.36. The quantitative estimate of drug-likeness (QED) is 0.876. The molecule has 1 amide bonds. The predicted molar refractivity (Wildman–Crippen MR) is 87.8 cm³/mol. The monoisotopic (exact) mass is 315 g/mol. The molecule has 1 N–H and O–H groups in total. The van der Waals surface area contributed by atoms with Crippen LogP contribution in [-0.4, -0.2) is 24.4 Å². The molecule has 1 aliphatic heterocycles. The van der Waals surface area contributed by atoms with E-state index in [1.165, 1.54) is 11.8 Å². The lowest BCUT2D eigenvalue weighted by Crippen LogP contribution is -2.22. The molecule has 0 aliphatic carbocycles. The Labute approximate surface area is 133 Å². The van der Waals surface area contributed by atoms with Gasteiger partial charge in [-0.25, -0.2) is 0 Å². The summed E-state index contributed by atoms with van der Waals surface area (Å²) in [6.07, 6.45) is 0. The lowest BCUT2D eigenvalue weighted by atomic mass is 10.2. The van der Waals surface area contributed by atoms with Gasteiger partial charge in [0.2, 0.25) is 5.91 Å². The third kappa shape index (κ3) is 3.54. The Bertz CT molecular complexity index is 660. The highest BCUT2D eigenvalue weighted by molar-refractivity contribution is 8.00. The number of amides is 1. The largest absolute Gasteiger partial charge is 0.486 e. The van der Waals surface area contributed by atoms with Crippen LogP contribution in [0.15, 0.2) is 53.4 Å². The molecule has 22 heavy (non-hydrogen) atoms.